The number of pyridine rings is 1. The second-order valence-corrected chi connectivity index (χ2v) is 3.47. The van der Waals surface area contributed by atoms with Crippen molar-refractivity contribution < 1.29 is 9.94 Å². The minimum absolute atomic E-state index is 0.0903. The zero-order valence-electron chi connectivity index (χ0n) is 10.6. The second-order valence-electron chi connectivity index (χ2n) is 3.47. The Morgan fingerprint density at radius 3 is 2.47 bits per heavy atom. The molecule has 0 spiro atoms. The zero-order chi connectivity index (χ0) is 14.1. The minimum Gasteiger partial charge on any atom is -0.492 e. The largest absolute Gasteiger partial charge is 0.492 e. The lowest BCUT2D eigenvalue weighted by atomic mass is 10.2. The fourth-order valence-electron chi connectivity index (χ4n) is 1.27. The lowest BCUT2D eigenvalue weighted by Crippen LogP contribution is -2.14. The van der Waals surface area contributed by atoms with Crippen LogP contribution in [0.1, 0.15) is 12.5 Å². The Kier molecular flexibility index (Phi) is 5.70. The lowest BCUT2D eigenvalue weighted by molar-refractivity contribution is 0.170. The monoisotopic (exact) mass is 257 g/mol. The summed E-state index contributed by atoms with van der Waals surface area (Å²) < 4.78 is 5.96. The highest BCUT2D eigenvalue weighted by molar-refractivity contribution is 5.42. The van der Waals surface area contributed by atoms with Crippen molar-refractivity contribution >= 4 is 0 Å². The van der Waals surface area contributed by atoms with Gasteiger partial charge in [0.25, 0.3) is 0 Å². The Morgan fingerprint density at radius 2 is 1.95 bits per heavy atom. The van der Waals surface area contributed by atoms with Crippen LogP contribution in [-0.4, -0.2) is 16.5 Å². The van der Waals surface area contributed by atoms with E-state index in [9.17, 15) is 0 Å². The predicted molar refractivity (Wildman–Crippen MR) is 69.8 cm³/mol. The topological polar surface area (TPSA) is 82.0 Å². The first-order valence-electron chi connectivity index (χ1n) is 5.72. The van der Waals surface area contributed by atoms with Crippen LogP contribution in [0.25, 0.3) is 0 Å². The van der Waals surface area contributed by atoms with E-state index in [1.165, 1.54) is 12.3 Å². The number of rotatable bonds is 2. The number of hydrogen-bond donors (Lipinski definition) is 2. The first-order chi connectivity index (χ1) is 9.19. The predicted octanol–water partition coefficient (Wildman–Crippen LogP) is 2.16. The molecular formula is C14H15N3O2. The van der Waals surface area contributed by atoms with Crippen LogP contribution in [0.4, 0.5) is 0 Å². The Morgan fingerprint density at radius 1 is 1.26 bits per heavy atom. The van der Waals surface area contributed by atoms with Gasteiger partial charge in [0, 0.05) is 6.20 Å². The van der Waals surface area contributed by atoms with Crippen LogP contribution in [0, 0.1) is 16.7 Å². The van der Waals surface area contributed by atoms with Crippen molar-refractivity contribution in [1.82, 2.24) is 4.73 Å². The molecule has 0 aliphatic rings. The second kappa shape index (κ2) is 7.56. The van der Waals surface area contributed by atoms with Crippen LogP contribution in [0.5, 0.6) is 5.75 Å². The molecule has 5 heteroatoms. The number of para-hydroxylation sites is 1. The molecular weight excluding hydrogens is 242 g/mol. The quantitative estimate of drug-likeness (QED) is 0.809. The molecule has 1 heterocycles. The Balaban J connectivity index is 0.000000200. The Bertz CT molecular complexity index is 614. The van der Waals surface area contributed by atoms with E-state index in [0.29, 0.717) is 17.9 Å². The standard InChI is InChI=1S/C9H9NO.C5H6N2O/c1-2-11-9-6-4-3-5-8(9)7-10;6-5-3-1-2-4-7(5)8/h3-6H,2H2,1H3;1-4,6,8H. The maximum absolute atomic E-state index is 8.65. The van der Waals surface area contributed by atoms with Gasteiger partial charge in [-0.3, -0.25) is 5.41 Å². The third kappa shape index (κ3) is 4.56. The summed E-state index contributed by atoms with van der Waals surface area (Å²) in [5.74, 6) is 0.664. The van der Waals surface area contributed by atoms with Crippen molar-refractivity contribution in [2.24, 2.45) is 0 Å². The van der Waals surface area contributed by atoms with Gasteiger partial charge in [-0.05, 0) is 31.2 Å². The fourth-order valence-corrected chi connectivity index (χ4v) is 1.27. The smallest absolute Gasteiger partial charge is 0.160 e. The number of nitriles is 1. The molecule has 0 bridgehead atoms. The van der Waals surface area contributed by atoms with Gasteiger partial charge in [-0.2, -0.15) is 9.99 Å². The molecule has 0 unspecified atom stereocenters. The van der Waals surface area contributed by atoms with Crippen LogP contribution in [-0.2, 0) is 0 Å². The van der Waals surface area contributed by atoms with Gasteiger partial charge in [0.2, 0.25) is 0 Å². The number of nitrogens with zero attached hydrogens (tertiary/aromatic N) is 2. The molecule has 0 fully saturated rings. The van der Waals surface area contributed by atoms with Crippen LogP contribution in [0.15, 0.2) is 48.7 Å². The van der Waals surface area contributed by atoms with Crippen LogP contribution >= 0.6 is 0 Å². The normalized spacial score (nSPS) is 8.84. The molecule has 0 atom stereocenters. The fraction of sp³-hybridized carbons (Fsp3) is 0.143. The number of benzene rings is 1. The van der Waals surface area contributed by atoms with E-state index in [0.717, 1.165) is 4.73 Å². The van der Waals surface area contributed by atoms with E-state index >= 15 is 0 Å². The molecule has 2 rings (SSSR count). The zero-order valence-corrected chi connectivity index (χ0v) is 10.6. The van der Waals surface area contributed by atoms with E-state index in [-0.39, 0.29) is 5.49 Å². The first-order valence-corrected chi connectivity index (χ1v) is 5.72. The van der Waals surface area contributed by atoms with Gasteiger partial charge < -0.3 is 9.94 Å². The maximum Gasteiger partial charge on any atom is 0.160 e. The molecule has 0 amide bonds. The van der Waals surface area contributed by atoms with Crippen molar-refractivity contribution in [3.05, 3.63) is 59.7 Å². The van der Waals surface area contributed by atoms with Gasteiger partial charge in [-0.1, -0.05) is 18.2 Å². The van der Waals surface area contributed by atoms with Crippen molar-refractivity contribution in [2.75, 3.05) is 6.61 Å². The highest BCUT2D eigenvalue weighted by Gasteiger charge is 1.98. The van der Waals surface area contributed by atoms with Gasteiger partial charge in [0.1, 0.15) is 11.8 Å². The third-order valence-electron chi connectivity index (χ3n) is 2.15. The Labute approximate surface area is 111 Å². The molecule has 19 heavy (non-hydrogen) atoms. The van der Waals surface area contributed by atoms with Gasteiger partial charge in [-0.15, -0.1) is 0 Å². The van der Waals surface area contributed by atoms with Gasteiger partial charge in [0.05, 0.1) is 12.2 Å². The number of hydrogen-bond acceptors (Lipinski definition) is 4. The SMILES string of the molecule is CCOc1ccccc1C#N.N=c1ccccn1O. The molecule has 0 aliphatic carbocycles. The van der Waals surface area contributed by atoms with E-state index in [1.54, 1.807) is 24.3 Å². The van der Waals surface area contributed by atoms with Crippen molar-refractivity contribution in [2.45, 2.75) is 6.92 Å². The molecule has 2 N–H and O–H groups in total. The van der Waals surface area contributed by atoms with E-state index in [2.05, 4.69) is 6.07 Å². The lowest BCUT2D eigenvalue weighted by Gasteiger charge is -2.02. The highest BCUT2D eigenvalue weighted by Crippen LogP contribution is 2.15. The highest BCUT2D eigenvalue weighted by atomic mass is 16.5. The number of nitrogens with one attached hydrogen (secondary N) is 1. The molecule has 0 radical (unpaired) electrons. The summed E-state index contributed by atoms with van der Waals surface area (Å²) in [6, 6.07) is 14.1. The average molecular weight is 257 g/mol. The van der Waals surface area contributed by atoms with Crippen LogP contribution in [0.3, 0.4) is 0 Å². The molecule has 5 nitrogen and oxygen atoms in total. The number of aromatic nitrogens is 1. The molecule has 0 saturated carbocycles. The molecule has 0 saturated heterocycles. The van der Waals surface area contributed by atoms with Gasteiger partial charge in [0.15, 0.2) is 5.49 Å². The summed E-state index contributed by atoms with van der Waals surface area (Å²) in [4.78, 5) is 0. The summed E-state index contributed by atoms with van der Waals surface area (Å²) >= 11 is 0. The maximum atomic E-state index is 8.65. The molecule has 1 aromatic heterocycles. The van der Waals surface area contributed by atoms with Gasteiger partial charge in [-0.25, -0.2) is 0 Å². The summed E-state index contributed by atoms with van der Waals surface area (Å²) in [6.07, 6.45) is 1.41. The summed E-state index contributed by atoms with van der Waals surface area (Å²) in [5.41, 5.74) is 0.682. The van der Waals surface area contributed by atoms with E-state index in [4.69, 9.17) is 20.6 Å². The first kappa shape index (κ1) is 14.3. The van der Waals surface area contributed by atoms with Crippen LogP contribution in [0.2, 0.25) is 0 Å². The van der Waals surface area contributed by atoms with Crippen molar-refractivity contribution in [1.29, 1.82) is 10.7 Å². The molecule has 1 aromatic carbocycles. The van der Waals surface area contributed by atoms with Gasteiger partial charge >= 0.3 is 0 Å². The minimum atomic E-state index is 0.0903. The van der Waals surface area contributed by atoms with E-state index in [1.807, 2.05) is 19.1 Å². The van der Waals surface area contributed by atoms with Crippen molar-refractivity contribution in [3.8, 4) is 11.8 Å². The average Bonchev–Trinajstić information content (AvgIpc) is 2.44. The summed E-state index contributed by atoms with van der Waals surface area (Å²) in [5, 5.41) is 24.2. The summed E-state index contributed by atoms with van der Waals surface area (Å²) in [6.45, 7) is 2.49. The molecule has 0 aliphatic heterocycles. The molecule has 2 aromatic rings. The summed E-state index contributed by atoms with van der Waals surface area (Å²) in [7, 11) is 0. The van der Waals surface area contributed by atoms with E-state index < -0.39 is 0 Å². The molecule has 98 valence electrons. The van der Waals surface area contributed by atoms with Crippen molar-refractivity contribution in [3.63, 3.8) is 0 Å². The Hall–Kier alpha value is -2.74. The van der Waals surface area contributed by atoms with Crippen LogP contribution < -0.4 is 10.2 Å². The number of ether oxygens (including phenoxy) is 1. The third-order valence-corrected chi connectivity index (χ3v) is 2.15.